The second-order valence-corrected chi connectivity index (χ2v) is 6.56. The molecule has 1 atom stereocenters. The number of nitrogens with zero attached hydrogens (tertiary/aromatic N) is 2. The first-order valence-electron chi connectivity index (χ1n) is 7.91. The van der Waals surface area contributed by atoms with Gasteiger partial charge in [0.25, 0.3) is 5.91 Å². The molecule has 132 valence electrons. The minimum Gasteiger partial charge on any atom is -0.481 e. The lowest BCUT2D eigenvalue weighted by Crippen LogP contribution is -2.40. The van der Waals surface area contributed by atoms with Crippen molar-refractivity contribution in [1.82, 2.24) is 9.47 Å². The standard InChI is InChI=1S/C16H20F2N2O4/c1-10-2-3-12(20(10)15(17)18)13(21)19-8-11(14(22)23)16(9-19)4-6-24-7-5-16/h2-3,11,15H,4-9H2,1H3,(H,22,23). The van der Waals surface area contributed by atoms with Crippen molar-refractivity contribution in [2.45, 2.75) is 26.3 Å². The highest BCUT2D eigenvalue weighted by Gasteiger charge is 2.52. The van der Waals surface area contributed by atoms with E-state index in [4.69, 9.17) is 4.74 Å². The normalized spacial score (nSPS) is 23.2. The lowest BCUT2D eigenvalue weighted by Gasteiger charge is -2.36. The Balaban J connectivity index is 1.88. The van der Waals surface area contributed by atoms with E-state index in [2.05, 4.69) is 0 Å². The number of aliphatic carboxylic acids is 1. The molecule has 3 heterocycles. The molecule has 0 aliphatic carbocycles. The van der Waals surface area contributed by atoms with Crippen LogP contribution in [0.15, 0.2) is 12.1 Å². The third kappa shape index (κ3) is 2.68. The molecule has 2 saturated heterocycles. The monoisotopic (exact) mass is 342 g/mol. The van der Waals surface area contributed by atoms with Gasteiger partial charge in [0.15, 0.2) is 0 Å². The van der Waals surface area contributed by atoms with Gasteiger partial charge in [-0.25, -0.2) is 0 Å². The Morgan fingerprint density at radius 2 is 2.00 bits per heavy atom. The maximum atomic E-state index is 13.2. The number of halogens is 2. The first kappa shape index (κ1) is 16.9. The van der Waals surface area contributed by atoms with Gasteiger partial charge in [0.2, 0.25) is 0 Å². The molecule has 2 aliphatic rings. The molecule has 1 aromatic heterocycles. The molecule has 8 heteroatoms. The number of likely N-dealkylation sites (tertiary alicyclic amines) is 1. The van der Waals surface area contributed by atoms with E-state index in [9.17, 15) is 23.5 Å². The van der Waals surface area contributed by atoms with Gasteiger partial charge in [0.05, 0.1) is 5.92 Å². The molecular formula is C16H20F2N2O4. The summed E-state index contributed by atoms with van der Waals surface area (Å²) in [6.45, 7) is -0.0842. The largest absolute Gasteiger partial charge is 0.481 e. The third-order valence-corrected chi connectivity index (χ3v) is 5.26. The van der Waals surface area contributed by atoms with Crippen molar-refractivity contribution in [3.8, 4) is 0 Å². The van der Waals surface area contributed by atoms with E-state index in [-0.39, 0.29) is 18.8 Å². The van der Waals surface area contributed by atoms with Crippen LogP contribution in [-0.2, 0) is 9.53 Å². The maximum absolute atomic E-state index is 13.2. The molecule has 2 aliphatic heterocycles. The zero-order chi connectivity index (χ0) is 17.5. The van der Waals surface area contributed by atoms with Crippen LogP contribution in [0, 0.1) is 18.3 Å². The van der Waals surface area contributed by atoms with Crippen LogP contribution >= 0.6 is 0 Å². The molecule has 3 rings (SSSR count). The number of amides is 1. The fourth-order valence-corrected chi connectivity index (χ4v) is 3.89. The molecule has 24 heavy (non-hydrogen) atoms. The van der Waals surface area contributed by atoms with Crippen molar-refractivity contribution in [3.63, 3.8) is 0 Å². The van der Waals surface area contributed by atoms with E-state index in [0.717, 1.165) is 0 Å². The number of alkyl halides is 2. The predicted molar refractivity (Wildman–Crippen MR) is 79.9 cm³/mol. The molecule has 0 saturated carbocycles. The summed E-state index contributed by atoms with van der Waals surface area (Å²) in [4.78, 5) is 25.8. The molecule has 1 unspecified atom stereocenters. The predicted octanol–water partition coefficient (Wildman–Crippen LogP) is 2.15. The van der Waals surface area contributed by atoms with Crippen molar-refractivity contribution >= 4 is 11.9 Å². The van der Waals surface area contributed by atoms with Gasteiger partial charge in [-0.15, -0.1) is 0 Å². The van der Waals surface area contributed by atoms with Gasteiger partial charge in [-0.1, -0.05) is 0 Å². The zero-order valence-corrected chi connectivity index (χ0v) is 13.4. The van der Waals surface area contributed by atoms with Crippen LogP contribution in [0.5, 0.6) is 0 Å². The van der Waals surface area contributed by atoms with Crippen molar-refractivity contribution < 1.29 is 28.2 Å². The van der Waals surface area contributed by atoms with Gasteiger partial charge in [-0.3, -0.25) is 14.2 Å². The molecule has 0 radical (unpaired) electrons. The van der Waals surface area contributed by atoms with E-state index >= 15 is 0 Å². The lowest BCUT2D eigenvalue weighted by atomic mass is 9.72. The van der Waals surface area contributed by atoms with E-state index in [0.29, 0.717) is 36.3 Å². The zero-order valence-electron chi connectivity index (χ0n) is 13.4. The number of aryl methyl sites for hydroxylation is 1. The van der Waals surface area contributed by atoms with Crippen molar-refractivity contribution in [2.75, 3.05) is 26.3 Å². The molecule has 1 amide bonds. The molecule has 2 fully saturated rings. The molecule has 0 bridgehead atoms. The Bertz CT molecular complexity index is 653. The highest BCUT2D eigenvalue weighted by atomic mass is 19.3. The highest BCUT2D eigenvalue weighted by molar-refractivity contribution is 5.94. The molecule has 1 aromatic rings. The Hall–Kier alpha value is -1.96. The van der Waals surface area contributed by atoms with Gasteiger partial charge in [0, 0.05) is 37.4 Å². The number of carboxylic acid groups (broad SMARTS) is 1. The molecule has 0 aromatic carbocycles. The average molecular weight is 342 g/mol. The molecular weight excluding hydrogens is 322 g/mol. The maximum Gasteiger partial charge on any atom is 0.319 e. The number of hydrogen-bond donors (Lipinski definition) is 1. The quantitative estimate of drug-likeness (QED) is 0.914. The van der Waals surface area contributed by atoms with E-state index in [1.165, 1.54) is 24.0 Å². The number of ether oxygens (including phenoxy) is 1. The van der Waals surface area contributed by atoms with Crippen LogP contribution in [0.3, 0.4) is 0 Å². The Kier molecular flexibility index (Phi) is 4.33. The second kappa shape index (κ2) is 6.16. The summed E-state index contributed by atoms with van der Waals surface area (Å²) < 4.78 is 32.4. The van der Waals surface area contributed by atoms with Crippen LogP contribution < -0.4 is 0 Å². The van der Waals surface area contributed by atoms with E-state index in [1.807, 2.05) is 0 Å². The van der Waals surface area contributed by atoms with Gasteiger partial charge >= 0.3 is 12.5 Å². The summed E-state index contributed by atoms with van der Waals surface area (Å²) >= 11 is 0. The van der Waals surface area contributed by atoms with Crippen LogP contribution in [0.4, 0.5) is 8.78 Å². The summed E-state index contributed by atoms with van der Waals surface area (Å²) in [7, 11) is 0. The number of carbonyl (C=O) groups excluding carboxylic acids is 1. The number of rotatable bonds is 3. The topological polar surface area (TPSA) is 71.8 Å². The molecule has 6 nitrogen and oxygen atoms in total. The summed E-state index contributed by atoms with van der Waals surface area (Å²) in [5.41, 5.74) is -0.337. The Morgan fingerprint density at radius 3 is 2.58 bits per heavy atom. The fraction of sp³-hybridized carbons (Fsp3) is 0.625. The minimum absolute atomic E-state index is 0.0433. The summed E-state index contributed by atoms with van der Waals surface area (Å²) in [6.07, 6.45) is 1.12. The third-order valence-electron chi connectivity index (χ3n) is 5.26. The second-order valence-electron chi connectivity index (χ2n) is 6.56. The SMILES string of the molecule is Cc1ccc(C(=O)N2CC(C(=O)O)C3(CCOCC3)C2)n1C(F)F. The number of carbonyl (C=O) groups is 2. The van der Waals surface area contributed by atoms with Crippen LogP contribution in [-0.4, -0.2) is 52.8 Å². The van der Waals surface area contributed by atoms with Crippen molar-refractivity contribution in [1.29, 1.82) is 0 Å². The average Bonchev–Trinajstić information content (AvgIpc) is 3.09. The lowest BCUT2D eigenvalue weighted by molar-refractivity contribution is -0.146. The summed E-state index contributed by atoms with van der Waals surface area (Å²) in [5, 5.41) is 9.54. The minimum atomic E-state index is -2.81. The number of carboxylic acids is 1. The highest BCUT2D eigenvalue weighted by Crippen LogP contribution is 2.44. The van der Waals surface area contributed by atoms with Gasteiger partial charge in [-0.2, -0.15) is 8.78 Å². The summed E-state index contributed by atoms with van der Waals surface area (Å²) in [6, 6.07) is 2.84. The molecule has 1 spiro atoms. The summed E-state index contributed by atoms with van der Waals surface area (Å²) in [5.74, 6) is -2.19. The number of hydrogen-bond acceptors (Lipinski definition) is 3. The van der Waals surface area contributed by atoms with E-state index < -0.39 is 29.8 Å². The van der Waals surface area contributed by atoms with Gasteiger partial charge in [0.1, 0.15) is 5.69 Å². The Morgan fingerprint density at radius 1 is 1.33 bits per heavy atom. The van der Waals surface area contributed by atoms with E-state index in [1.54, 1.807) is 0 Å². The van der Waals surface area contributed by atoms with Crippen LogP contribution in [0.2, 0.25) is 0 Å². The smallest absolute Gasteiger partial charge is 0.319 e. The molecule has 1 N–H and O–H groups in total. The Labute approximate surface area is 138 Å². The number of aromatic nitrogens is 1. The van der Waals surface area contributed by atoms with Gasteiger partial charge in [-0.05, 0) is 31.9 Å². The van der Waals surface area contributed by atoms with Crippen LogP contribution in [0.25, 0.3) is 0 Å². The van der Waals surface area contributed by atoms with Crippen LogP contribution in [0.1, 0.15) is 35.6 Å². The van der Waals surface area contributed by atoms with Crippen molar-refractivity contribution in [3.05, 3.63) is 23.5 Å². The van der Waals surface area contributed by atoms with Gasteiger partial charge < -0.3 is 14.7 Å². The first-order chi connectivity index (χ1) is 11.4. The fourth-order valence-electron chi connectivity index (χ4n) is 3.89. The van der Waals surface area contributed by atoms with Crippen molar-refractivity contribution in [2.24, 2.45) is 11.3 Å². The first-order valence-corrected chi connectivity index (χ1v) is 7.91.